The van der Waals surface area contributed by atoms with E-state index in [-0.39, 0.29) is 18.1 Å². The fourth-order valence-electron chi connectivity index (χ4n) is 3.58. The molecule has 2 heterocycles. The minimum absolute atomic E-state index is 0.0740. The molecule has 4 rings (SSSR count). The Hall–Kier alpha value is -3.67. The highest BCUT2D eigenvalue weighted by Gasteiger charge is 2.14. The molecule has 31 heavy (non-hydrogen) atoms. The van der Waals surface area contributed by atoms with Gasteiger partial charge in [0.15, 0.2) is 0 Å². The van der Waals surface area contributed by atoms with Crippen molar-refractivity contribution in [1.29, 1.82) is 0 Å². The summed E-state index contributed by atoms with van der Waals surface area (Å²) < 4.78 is 21.5. The zero-order chi connectivity index (χ0) is 21.8. The van der Waals surface area contributed by atoms with Gasteiger partial charge in [-0.25, -0.2) is 9.07 Å². The molecule has 0 saturated carbocycles. The highest BCUT2D eigenvalue weighted by molar-refractivity contribution is 5.76. The average Bonchev–Trinajstić information content (AvgIpc) is 3.36. The SMILES string of the molecule is Cc1nn(-c2ccccc2)c(C)c1CNC(=O)CCc1ccc(-c2ccccc2F)o1. The lowest BCUT2D eigenvalue weighted by Gasteiger charge is -2.07. The van der Waals surface area contributed by atoms with Crippen molar-refractivity contribution >= 4 is 5.91 Å². The third-order valence-corrected chi connectivity index (χ3v) is 5.30. The molecule has 6 heteroatoms. The lowest BCUT2D eigenvalue weighted by molar-refractivity contribution is -0.121. The molecule has 5 nitrogen and oxygen atoms in total. The lowest BCUT2D eigenvalue weighted by Crippen LogP contribution is -2.23. The van der Waals surface area contributed by atoms with Crippen molar-refractivity contribution in [2.75, 3.05) is 0 Å². The van der Waals surface area contributed by atoms with Gasteiger partial charge in [-0.3, -0.25) is 4.79 Å². The Morgan fingerprint density at radius 1 is 1.03 bits per heavy atom. The number of rotatable bonds is 7. The molecule has 2 aromatic heterocycles. The summed E-state index contributed by atoms with van der Waals surface area (Å²) in [6, 6.07) is 19.9. The van der Waals surface area contributed by atoms with E-state index in [9.17, 15) is 9.18 Å². The highest BCUT2D eigenvalue weighted by Crippen LogP contribution is 2.25. The van der Waals surface area contributed by atoms with Gasteiger partial charge in [0.2, 0.25) is 5.91 Å². The molecule has 0 atom stereocenters. The van der Waals surface area contributed by atoms with E-state index in [1.54, 1.807) is 30.3 Å². The summed E-state index contributed by atoms with van der Waals surface area (Å²) >= 11 is 0. The van der Waals surface area contributed by atoms with Gasteiger partial charge in [0.05, 0.1) is 16.9 Å². The van der Waals surface area contributed by atoms with E-state index in [0.717, 1.165) is 22.6 Å². The summed E-state index contributed by atoms with van der Waals surface area (Å²) in [6.07, 6.45) is 0.733. The predicted molar refractivity (Wildman–Crippen MR) is 117 cm³/mol. The van der Waals surface area contributed by atoms with Gasteiger partial charge < -0.3 is 9.73 Å². The van der Waals surface area contributed by atoms with Gasteiger partial charge in [0, 0.05) is 30.6 Å². The Morgan fingerprint density at radius 2 is 1.77 bits per heavy atom. The number of halogens is 1. The second kappa shape index (κ2) is 9.00. The topological polar surface area (TPSA) is 60.1 Å². The summed E-state index contributed by atoms with van der Waals surface area (Å²) in [5.74, 6) is 0.712. The molecule has 0 bridgehead atoms. The summed E-state index contributed by atoms with van der Waals surface area (Å²) in [6.45, 7) is 4.37. The number of aromatic nitrogens is 2. The smallest absolute Gasteiger partial charge is 0.220 e. The number of benzene rings is 2. The van der Waals surface area contributed by atoms with Gasteiger partial charge >= 0.3 is 0 Å². The van der Waals surface area contributed by atoms with E-state index in [1.165, 1.54) is 6.07 Å². The number of furan rings is 1. The van der Waals surface area contributed by atoms with Gasteiger partial charge in [-0.15, -0.1) is 0 Å². The maximum Gasteiger partial charge on any atom is 0.220 e. The van der Waals surface area contributed by atoms with E-state index in [2.05, 4.69) is 10.4 Å². The molecule has 0 spiro atoms. The first-order valence-corrected chi connectivity index (χ1v) is 10.2. The van der Waals surface area contributed by atoms with E-state index in [4.69, 9.17) is 4.42 Å². The Labute approximate surface area is 180 Å². The fourth-order valence-corrected chi connectivity index (χ4v) is 3.58. The number of hydrogen-bond donors (Lipinski definition) is 1. The molecular formula is C25H24FN3O2. The first kappa shape index (κ1) is 20.6. The Morgan fingerprint density at radius 3 is 2.55 bits per heavy atom. The van der Waals surface area contributed by atoms with Crippen molar-refractivity contribution in [2.24, 2.45) is 0 Å². The molecule has 1 amide bonds. The number of carbonyl (C=O) groups is 1. The van der Waals surface area contributed by atoms with Crippen LogP contribution in [-0.4, -0.2) is 15.7 Å². The molecular weight excluding hydrogens is 393 g/mol. The highest BCUT2D eigenvalue weighted by atomic mass is 19.1. The third-order valence-electron chi connectivity index (χ3n) is 5.30. The zero-order valence-electron chi connectivity index (χ0n) is 17.6. The number of para-hydroxylation sites is 1. The third kappa shape index (κ3) is 4.58. The molecule has 4 aromatic rings. The number of nitrogens with zero attached hydrogens (tertiary/aromatic N) is 2. The standard InChI is InChI=1S/C25H24FN3O2/c1-17-22(18(2)29(28-17)19-8-4-3-5-9-19)16-27-25(30)15-13-20-12-14-24(31-20)21-10-6-7-11-23(21)26/h3-12,14H,13,15-16H2,1-2H3,(H,27,30). The maximum atomic E-state index is 13.9. The molecule has 0 aliphatic heterocycles. The summed E-state index contributed by atoms with van der Waals surface area (Å²) in [7, 11) is 0. The predicted octanol–water partition coefficient (Wildman–Crippen LogP) is 5.14. The minimum Gasteiger partial charge on any atom is -0.461 e. The van der Waals surface area contributed by atoms with Crippen molar-refractivity contribution < 1.29 is 13.6 Å². The van der Waals surface area contributed by atoms with Crippen LogP contribution in [0.1, 0.15) is 29.1 Å². The van der Waals surface area contributed by atoms with Gasteiger partial charge in [0.1, 0.15) is 17.3 Å². The average molecular weight is 417 g/mol. The number of aryl methyl sites for hydroxylation is 2. The second-order valence-corrected chi connectivity index (χ2v) is 7.42. The fraction of sp³-hybridized carbons (Fsp3) is 0.200. The van der Waals surface area contributed by atoms with Crippen LogP contribution in [-0.2, 0) is 17.8 Å². The number of hydrogen-bond acceptors (Lipinski definition) is 3. The van der Waals surface area contributed by atoms with Gasteiger partial charge in [0.25, 0.3) is 0 Å². The summed E-state index contributed by atoms with van der Waals surface area (Å²) in [5.41, 5.74) is 4.31. The minimum atomic E-state index is -0.331. The van der Waals surface area contributed by atoms with Crippen LogP contribution in [0.15, 0.2) is 71.1 Å². The largest absolute Gasteiger partial charge is 0.461 e. The van der Waals surface area contributed by atoms with Crippen LogP contribution < -0.4 is 5.32 Å². The second-order valence-electron chi connectivity index (χ2n) is 7.42. The number of amides is 1. The van der Waals surface area contributed by atoms with Crippen molar-refractivity contribution in [3.8, 4) is 17.0 Å². The number of carbonyl (C=O) groups excluding carboxylic acids is 1. The van der Waals surface area contributed by atoms with E-state index < -0.39 is 0 Å². The monoisotopic (exact) mass is 417 g/mol. The van der Waals surface area contributed by atoms with Crippen molar-refractivity contribution in [3.05, 3.63) is 95.3 Å². The Balaban J connectivity index is 1.35. The first-order chi connectivity index (χ1) is 15.0. The Kier molecular flexibility index (Phi) is 5.98. The molecule has 2 aromatic carbocycles. The van der Waals surface area contributed by atoms with Gasteiger partial charge in [-0.2, -0.15) is 5.10 Å². The van der Waals surface area contributed by atoms with Gasteiger partial charge in [-0.05, 0) is 50.2 Å². The number of nitrogens with one attached hydrogen (secondary N) is 1. The first-order valence-electron chi connectivity index (χ1n) is 10.2. The van der Waals surface area contributed by atoms with Crippen LogP contribution in [0.3, 0.4) is 0 Å². The van der Waals surface area contributed by atoms with E-state index in [0.29, 0.717) is 30.0 Å². The quantitative estimate of drug-likeness (QED) is 0.453. The van der Waals surface area contributed by atoms with Crippen molar-refractivity contribution in [1.82, 2.24) is 15.1 Å². The van der Waals surface area contributed by atoms with E-state index >= 15 is 0 Å². The van der Waals surface area contributed by atoms with Gasteiger partial charge in [-0.1, -0.05) is 30.3 Å². The molecule has 0 aliphatic carbocycles. The molecule has 158 valence electrons. The lowest BCUT2D eigenvalue weighted by atomic mass is 10.1. The van der Waals surface area contributed by atoms with Crippen LogP contribution in [0, 0.1) is 19.7 Å². The van der Waals surface area contributed by atoms with Crippen LogP contribution in [0.25, 0.3) is 17.0 Å². The normalized spacial score (nSPS) is 10.9. The molecule has 1 N–H and O–H groups in total. The van der Waals surface area contributed by atoms with Crippen LogP contribution in [0.2, 0.25) is 0 Å². The zero-order valence-corrected chi connectivity index (χ0v) is 17.6. The maximum absolute atomic E-state index is 13.9. The molecule has 0 aliphatic rings. The molecule has 0 fully saturated rings. The van der Waals surface area contributed by atoms with Crippen LogP contribution in [0.4, 0.5) is 4.39 Å². The molecule has 0 saturated heterocycles. The van der Waals surface area contributed by atoms with E-state index in [1.807, 2.05) is 48.9 Å². The van der Waals surface area contributed by atoms with Crippen LogP contribution in [0.5, 0.6) is 0 Å². The summed E-state index contributed by atoms with van der Waals surface area (Å²) in [4.78, 5) is 12.4. The molecule has 0 unspecified atom stereocenters. The van der Waals surface area contributed by atoms with Crippen molar-refractivity contribution in [2.45, 2.75) is 33.2 Å². The molecule has 0 radical (unpaired) electrons. The Bertz CT molecular complexity index is 1190. The van der Waals surface area contributed by atoms with Crippen LogP contribution >= 0.6 is 0 Å². The van der Waals surface area contributed by atoms with Crippen molar-refractivity contribution in [3.63, 3.8) is 0 Å². The summed E-state index contributed by atoms with van der Waals surface area (Å²) in [5, 5.41) is 7.58.